The lowest BCUT2D eigenvalue weighted by Crippen LogP contribution is -2.47. The number of fused-ring (bicyclic) bond motifs is 4. The van der Waals surface area contributed by atoms with Gasteiger partial charge in [0.05, 0.1) is 11.6 Å². The molecule has 1 aromatic heterocycles. The Morgan fingerprint density at radius 1 is 0.621 bits per heavy atom. The Morgan fingerprint density at radius 3 is 1.97 bits per heavy atom. The maximum Gasteiger partial charge on any atom is 0.129 e. The predicted octanol–water partition coefficient (Wildman–Crippen LogP) is 5.13. The van der Waals surface area contributed by atoms with Crippen molar-refractivity contribution in [2.24, 2.45) is 0 Å². The highest BCUT2D eigenvalue weighted by atomic mass is 15.3. The molecule has 2 heterocycles. The molecule has 2 aliphatic rings. The van der Waals surface area contributed by atoms with Crippen molar-refractivity contribution in [3.8, 4) is 11.1 Å². The summed E-state index contributed by atoms with van der Waals surface area (Å²) >= 11 is 0. The third-order valence-electron chi connectivity index (χ3n) is 6.39. The minimum Gasteiger partial charge on any atom is -0.354 e. The molecule has 4 aromatic rings. The molecule has 0 N–H and O–H groups in total. The molecule has 0 spiro atoms. The van der Waals surface area contributed by atoms with Crippen LogP contribution in [0.2, 0.25) is 0 Å². The van der Waals surface area contributed by atoms with Crippen molar-refractivity contribution < 1.29 is 0 Å². The molecule has 0 bridgehead atoms. The van der Waals surface area contributed by atoms with Crippen LogP contribution in [0, 0.1) is 0 Å². The molecule has 0 atom stereocenters. The van der Waals surface area contributed by atoms with Gasteiger partial charge in [-0.15, -0.1) is 0 Å². The fourth-order valence-corrected chi connectivity index (χ4v) is 4.96. The smallest absolute Gasteiger partial charge is 0.129 e. The van der Waals surface area contributed by atoms with Crippen molar-refractivity contribution in [2.75, 3.05) is 31.1 Å². The average Bonchev–Trinajstić information content (AvgIpc) is 3.13. The summed E-state index contributed by atoms with van der Waals surface area (Å²) in [7, 11) is 0. The molecule has 1 fully saturated rings. The van der Waals surface area contributed by atoms with Gasteiger partial charge in [0, 0.05) is 31.6 Å². The number of para-hydroxylation sites is 1. The molecule has 0 unspecified atom stereocenters. The molecule has 142 valence electrons. The molecular weight excluding hydrogens is 354 g/mol. The molecule has 1 aliphatic carbocycles. The largest absolute Gasteiger partial charge is 0.354 e. The highest BCUT2D eigenvalue weighted by molar-refractivity contribution is 5.80. The highest BCUT2D eigenvalue weighted by Gasteiger charge is 2.34. The van der Waals surface area contributed by atoms with E-state index in [4.69, 9.17) is 4.98 Å². The molecule has 6 rings (SSSR count). The highest BCUT2D eigenvalue weighted by Crippen LogP contribution is 2.46. The van der Waals surface area contributed by atoms with Crippen LogP contribution in [0.5, 0.6) is 0 Å². The first-order valence-corrected chi connectivity index (χ1v) is 10.4. The van der Waals surface area contributed by atoms with Crippen LogP contribution in [-0.4, -0.2) is 36.1 Å². The Hall–Kier alpha value is -3.17. The summed E-state index contributed by atoms with van der Waals surface area (Å²) in [6, 6.07) is 30.9. The normalized spacial score (nSPS) is 16.8. The Bertz CT molecular complexity index is 1150. The molecule has 3 aromatic carbocycles. The van der Waals surface area contributed by atoms with Crippen LogP contribution in [0.15, 0.2) is 84.9 Å². The molecular formula is C26H23N3. The molecule has 0 saturated carbocycles. The fourth-order valence-electron chi connectivity index (χ4n) is 4.96. The van der Waals surface area contributed by atoms with E-state index in [9.17, 15) is 0 Å². The Labute approximate surface area is 171 Å². The van der Waals surface area contributed by atoms with E-state index in [1.807, 2.05) is 0 Å². The summed E-state index contributed by atoms with van der Waals surface area (Å²) in [4.78, 5) is 9.97. The van der Waals surface area contributed by atoms with Crippen molar-refractivity contribution in [3.63, 3.8) is 0 Å². The van der Waals surface area contributed by atoms with Gasteiger partial charge in [-0.3, -0.25) is 4.90 Å². The molecule has 0 amide bonds. The third kappa shape index (κ3) is 2.73. The predicted molar refractivity (Wildman–Crippen MR) is 119 cm³/mol. The van der Waals surface area contributed by atoms with Gasteiger partial charge in [0.15, 0.2) is 0 Å². The number of benzene rings is 3. The quantitative estimate of drug-likeness (QED) is 0.483. The number of piperazine rings is 1. The summed E-state index contributed by atoms with van der Waals surface area (Å²) in [5.74, 6) is 1.09. The van der Waals surface area contributed by atoms with Crippen molar-refractivity contribution in [1.82, 2.24) is 9.88 Å². The van der Waals surface area contributed by atoms with Gasteiger partial charge in [0.2, 0.25) is 0 Å². The van der Waals surface area contributed by atoms with Crippen LogP contribution in [-0.2, 0) is 0 Å². The van der Waals surface area contributed by atoms with Crippen LogP contribution in [0.25, 0.3) is 22.0 Å². The topological polar surface area (TPSA) is 19.4 Å². The van der Waals surface area contributed by atoms with Gasteiger partial charge in [-0.2, -0.15) is 0 Å². The lowest BCUT2D eigenvalue weighted by Gasteiger charge is -2.39. The van der Waals surface area contributed by atoms with E-state index in [1.54, 1.807) is 0 Å². The first kappa shape index (κ1) is 16.8. The minimum atomic E-state index is 0.370. The van der Waals surface area contributed by atoms with Crippen molar-refractivity contribution in [1.29, 1.82) is 0 Å². The lowest BCUT2D eigenvalue weighted by atomic mass is 10.0. The number of nitrogens with zero attached hydrogens (tertiary/aromatic N) is 3. The van der Waals surface area contributed by atoms with Gasteiger partial charge < -0.3 is 4.90 Å². The molecule has 1 aliphatic heterocycles. The van der Waals surface area contributed by atoms with Gasteiger partial charge in [0.1, 0.15) is 5.82 Å². The van der Waals surface area contributed by atoms with Gasteiger partial charge >= 0.3 is 0 Å². The lowest BCUT2D eigenvalue weighted by molar-refractivity contribution is 0.215. The fraction of sp³-hybridized carbons (Fsp3) is 0.192. The van der Waals surface area contributed by atoms with Crippen molar-refractivity contribution in [2.45, 2.75) is 6.04 Å². The van der Waals surface area contributed by atoms with E-state index in [0.717, 1.165) is 37.5 Å². The number of aromatic nitrogens is 1. The second-order valence-electron chi connectivity index (χ2n) is 7.96. The molecule has 3 nitrogen and oxygen atoms in total. The second-order valence-corrected chi connectivity index (χ2v) is 7.96. The number of pyridine rings is 1. The summed E-state index contributed by atoms with van der Waals surface area (Å²) in [6.07, 6.45) is 0. The van der Waals surface area contributed by atoms with Crippen molar-refractivity contribution >= 4 is 16.7 Å². The van der Waals surface area contributed by atoms with Crippen LogP contribution >= 0.6 is 0 Å². The van der Waals surface area contributed by atoms with Gasteiger partial charge in [0.25, 0.3) is 0 Å². The first-order valence-electron chi connectivity index (χ1n) is 10.4. The SMILES string of the molecule is c1ccc2c(c1)-c1ccccc1C2N1CCN(c2ccc3ccccc3n2)CC1. The Morgan fingerprint density at radius 2 is 1.24 bits per heavy atom. The third-order valence-corrected chi connectivity index (χ3v) is 6.39. The summed E-state index contributed by atoms with van der Waals surface area (Å²) in [5, 5.41) is 1.20. The molecule has 1 saturated heterocycles. The maximum absolute atomic E-state index is 4.90. The van der Waals surface area contributed by atoms with E-state index < -0.39 is 0 Å². The molecule has 0 radical (unpaired) electrons. The zero-order valence-electron chi connectivity index (χ0n) is 16.3. The van der Waals surface area contributed by atoms with Crippen LogP contribution in [0.4, 0.5) is 5.82 Å². The van der Waals surface area contributed by atoms with Crippen LogP contribution in [0.1, 0.15) is 17.2 Å². The van der Waals surface area contributed by atoms with Crippen LogP contribution < -0.4 is 4.90 Å². The van der Waals surface area contributed by atoms with E-state index in [-0.39, 0.29) is 0 Å². The summed E-state index contributed by atoms with van der Waals surface area (Å²) in [6.45, 7) is 4.10. The standard InChI is InChI=1S/C26H23N3/c1-6-12-24-19(7-1)13-14-25(27-24)28-15-17-29(18-16-28)26-22-10-4-2-8-20(22)21-9-3-5-11-23(21)26/h1-14,26H,15-18H2. The molecule has 29 heavy (non-hydrogen) atoms. The van der Waals surface area contributed by atoms with Gasteiger partial charge in [-0.25, -0.2) is 4.98 Å². The number of rotatable bonds is 2. The summed E-state index contributed by atoms with van der Waals surface area (Å²) < 4.78 is 0. The maximum atomic E-state index is 4.90. The summed E-state index contributed by atoms with van der Waals surface area (Å²) in [5.41, 5.74) is 6.77. The van der Waals surface area contributed by atoms with Gasteiger partial charge in [-0.1, -0.05) is 66.7 Å². The van der Waals surface area contributed by atoms with Gasteiger partial charge in [-0.05, 0) is 40.5 Å². The van der Waals surface area contributed by atoms with E-state index >= 15 is 0 Å². The Kier molecular flexibility index (Phi) is 3.88. The molecule has 3 heteroatoms. The van der Waals surface area contributed by atoms with Crippen LogP contribution in [0.3, 0.4) is 0 Å². The zero-order chi connectivity index (χ0) is 19.2. The average molecular weight is 377 g/mol. The van der Waals surface area contributed by atoms with E-state index in [2.05, 4.69) is 94.7 Å². The first-order chi connectivity index (χ1) is 14.4. The van der Waals surface area contributed by atoms with Crippen molar-refractivity contribution in [3.05, 3.63) is 96.1 Å². The second kappa shape index (κ2) is 6.71. The minimum absolute atomic E-state index is 0.370. The van der Waals surface area contributed by atoms with E-state index in [0.29, 0.717) is 6.04 Å². The number of hydrogen-bond donors (Lipinski definition) is 0. The number of hydrogen-bond acceptors (Lipinski definition) is 3. The number of anilines is 1. The van der Waals surface area contributed by atoms with E-state index in [1.165, 1.54) is 27.6 Å². The Balaban J connectivity index is 1.27. The zero-order valence-corrected chi connectivity index (χ0v) is 16.3. The monoisotopic (exact) mass is 377 g/mol.